The quantitative estimate of drug-likeness (QED) is 0.767. The maximum absolute atomic E-state index is 13.5. The van der Waals surface area contributed by atoms with Crippen molar-refractivity contribution >= 4 is 23.7 Å². The monoisotopic (exact) mass is 389 g/mol. The summed E-state index contributed by atoms with van der Waals surface area (Å²) in [7, 11) is 0. The zero-order valence-corrected chi connectivity index (χ0v) is 15.2. The molecule has 0 atom stereocenters. The van der Waals surface area contributed by atoms with Crippen molar-refractivity contribution in [1.29, 1.82) is 0 Å². The van der Waals surface area contributed by atoms with E-state index in [4.69, 9.17) is 4.42 Å². The van der Waals surface area contributed by atoms with Gasteiger partial charge < -0.3 is 20.0 Å². The molecule has 1 fully saturated rings. The third-order valence-electron chi connectivity index (χ3n) is 4.61. The van der Waals surface area contributed by atoms with Crippen LogP contribution in [-0.4, -0.2) is 36.5 Å². The summed E-state index contributed by atoms with van der Waals surface area (Å²) in [5.41, 5.74) is -0.469. The molecule has 1 aliphatic rings. The smallest absolute Gasteiger partial charge is 0.319 e. The van der Waals surface area contributed by atoms with Gasteiger partial charge in [-0.2, -0.15) is 0 Å². The van der Waals surface area contributed by atoms with Crippen molar-refractivity contribution in [3.8, 4) is 0 Å². The third kappa shape index (κ3) is 5.18. The van der Waals surface area contributed by atoms with Gasteiger partial charge in [0, 0.05) is 25.7 Å². The van der Waals surface area contributed by atoms with Crippen molar-refractivity contribution in [3.05, 3.63) is 60.1 Å². The van der Waals surface area contributed by atoms with E-state index in [1.807, 2.05) is 0 Å². The van der Waals surface area contributed by atoms with Crippen molar-refractivity contribution in [3.63, 3.8) is 0 Å². The van der Waals surface area contributed by atoms with Gasteiger partial charge in [0.05, 0.1) is 6.26 Å². The largest absolute Gasteiger partial charge is 0.465 e. The number of anilines is 1. The Morgan fingerprint density at radius 2 is 1.86 bits per heavy atom. The van der Waals surface area contributed by atoms with Crippen LogP contribution in [0.2, 0.25) is 0 Å². The van der Waals surface area contributed by atoms with Gasteiger partial charge in [-0.3, -0.25) is 4.79 Å². The number of urea groups is 1. The molecule has 2 aromatic rings. The number of nitrogens with one attached hydrogen (secondary N) is 2. The standard InChI is InChI=1S/C20H21F2N3O3/c21-16-4-1-5-17(22)19(16)24-20(27)23-13-14-8-10-25(11-9-14)18(26)7-6-15-3-2-12-28-15/h1-7,12,14H,8-11,13H2,(H2,23,24,27)/b7-6+. The van der Waals surface area contributed by atoms with E-state index < -0.39 is 23.4 Å². The van der Waals surface area contributed by atoms with E-state index in [2.05, 4.69) is 10.6 Å². The number of carbonyl (C=O) groups is 2. The van der Waals surface area contributed by atoms with E-state index in [0.29, 0.717) is 25.4 Å². The molecule has 2 N–H and O–H groups in total. The van der Waals surface area contributed by atoms with E-state index in [1.165, 1.54) is 12.1 Å². The van der Waals surface area contributed by atoms with Crippen LogP contribution < -0.4 is 10.6 Å². The van der Waals surface area contributed by atoms with Crippen LogP contribution in [0.5, 0.6) is 0 Å². The summed E-state index contributed by atoms with van der Waals surface area (Å²) in [6, 6.07) is 6.23. The van der Waals surface area contributed by atoms with Crippen LogP contribution in [0.3, 0.4) is 0 Å². The Morgan fingerprint density at radius 1 is 1.14 bits per heavy atom. The number of carbonyl (C=O) groups excluding carboxylic acids is 2. The van der Waals surface area contributed by atoms with Crippen LogP contribution >= 0.6 is 0 Å². The fourth-order valence-corrected chi connectivity index (χ4v) is 3.01. The first-order valence-electron chi connectivity index (χ1n) is 9.02. The van der Waals surface area contributed by atoms with Crippen LogP contribution in [0.4, 0.5) is 19.3 Å². The summed E-state index contributed by atoms with van der Waals surface area (Å²) < 4.78 is 32.2. The number of likely N-dealkylation sites (tertiary alicyclic amines) is 1. The third-order valence-corrected chi connectivity index (χ3v) is 4.61. The predicted octanol–water partition coefficient (Wildman–Crippen LogP) is 3.63. The molecule has 28 heavy (non-hydrogen) atoms. The molecule has 3 amide bonds. The molecule has 0 radical (unpaired) electrons. The van der Waals surface area contributed by atoms with Crippen molar-refractivity contribution < 1.29 is 22.8 Å². The molecule has 0 aliphatic carbocycles. The number of rotatable bonds is 5. The van der Waals surface area contributed by atoms with Crippen molar-refractivity contribution in [2.45, 2.75) is 12.8 Å². The van der Waals surface area contributed by atoms with E-state index in [-0.39, 0.29) is 11.8 Å². The molecule has 2 heterocycles. The second-order valence-electron chi connectivity index (χ2n) is 6.55. The number of hydrogen-bond donors (Lipinski definition) is 2. The number of benzene rings is 1. The fourth-order valence-electron chi connectivity index (χ4n) is 3.01. The number of amides is 3. The minimum Gasteiger partial charge on any atom is -0.465 e. The normalized spacial score (nSPS) is 15.0. The highest BCUT2D eigenvalue weighted by atomic mass is 19.1. The molecule has 1 saturated heterocycles. The van der Waals surface area contributed by atoms with Crippen molar-refractivity contribution in [2.24, 2.45) is 5.92 Å². The topological polar surface area (TPSA) is 74.6 Å². The van der Waals surface area contributed by atoms with Crippen LogP contribution in [0.1, 0.15) is 18.6 Å². The van der Waals surface area contributed by atoms with E-state index in [1.54, 1.807) is 29.4 Å². The molecular formula is C20H21F2N3O3. The summed E-state index contributed by atoms with van der Waals surface area (Å²) in [5, 5.41) is 4.82. The zero-order valence-electron chi connectivity index (χ0n) is 15.2. The Labute approximate surface area is 161 Å². The number of hydrogen-bond acceptors (Lipinski definition) is 3. The molecule has 3 rings (SSSR count). The second kappa shape index (κ2) is 9.16. The summed E-state index contributed by atoms with van der Waals surface area (Å²) in [4.78, 5) is 25.8. The minimum absolute atomic E-state index is 0.0874. The Balaban J connectivity index is 1.40. The zero-order chi connectivity index (χ0) is 19.9. The Kier molecular flexibility index (Phi) is 6.41. The number of halogens is 2. The van der Waals surface area contributed by atoms with Gasteiger partial charge in [0.2, 0.25) is 5.91 Å². The molecular weight excluding hydrogens is 368 g/mol. The van der Waals surface area contributed by atoms with Gasteiger partial charge >= 0.3 is 6.03 Å². The van der Waals surface area contributed by atoms with Gasteiger partial charge in [0.25, 0.3) is 0 Å². The molecule has 0 unspecified atom stereocenters. The van der Waals surface area contributed by atoms with Gasteiger partial charge in [-0.05, 0) is 49.1 Å². The highest BCUT2D eigenvalue weighted by Gasteiger charge is 2.22. The Morgan fingerprint density at radius 3 is 2.50 bits per heavy atom. The van der Waals surface area contributed by atoms with Gasteiger partial charge in [0.1, 0.15) is 23.1 Å². The average Bonchev–Trinajstić information content (AvgIpc) is 3.21. The summed E-state index contributed by atoms with van der Waals surface area (Å²) in [5.74, 6) is -0.941. The van der Waals surface area contributed by atoms with E-state index >= 15 is 0 Å². The fraction of sp³-hybridized carbons (Fsp3) is 0.300. The lowest BCUT2D eigenvalue weighted by molar-refractivity contribution is -0.127. The predicted molar refractivity (Wildman–Crippen MR) is 100 cm³/mol. The SMILES string of the molecule is O=C(NCC1CCN(C(=O)/C=C/c2ccco2)CC1)Nc1c(F)cccc1F. The minimum atomic E-state index is -0.829. The second-order valence-corrected chi connectivity index (χ2v) is 6.55. The number of nitrogens with zero attached hydrogens (tertiary/aromatic N) is 1. The maximum atomic E-state index is 13.5. The lowest BCUT2D eigenvalue weighted by Gasteiger charge is -2.31. The lowest BCUT2D eigenvalue weighted by Crippen LogP contribution is -2.41. The van der Waals surface area contributed by atoms with E-state index in [0.717, 1.165) is 25.0 Å². The highest BCUT2D eigenvalue weighted by Crippen LogP contribution is 2.19. The summed E-state index contributed by atoms with van der Waals surface area (Å²) in [6.45, 7) is 1.53. The Bertz CT molecular complexity index is 824. The molecule has 8 heteroatoms. The number of piperidine rings is 1. The molecule has 1 aromatic carbocycles. The van der Waals surface area contributed by atoms with Crippen LogP contribution in [0.25, 0.3) is 6.08 Å². The van der Waals surface area contributed by atoms with Gasteiger partial charge in [-0.25, -0.2) is 13.6 Å². The molecule has 0 saturated carbocycles. The molecule has 6 nitrogen and oxygen atoms in total. The molecule has 1 aliphatic heterocycles. The van der Waals surface area contributed by atoms with Crippen LogP contribution in [-0.2, 0) is 4.79 Å². The first-order valence-corrected chi connectivity index (χ1v) is 9.02. The summed E-state index contributed by atoms with van der Waals surface area (Å²) >= 11 is 0. The average molecular weight is 389 g/mol. The van der Waals surface area contributed by atoms with Gasteiger partial charge in [-0.1, -0.05) is 6.07 Å². The van der Waals surface area contributed by atoms with Gasteiger partial charge in [0.15, 0.2) is 0 Å². The Hall–Kier alpha value is -3.16. The van der Waals surface area contributed by atoms with Crippen molar-refractivity contribution in [1.82, 2.24) is 10.2 Å². The maximum Gasteiger partial charge on any atom is 0.319 e. The molecule has 0 bridgehead atoms. The molecule has 148 valence electrons. The lowest BCUT2D eigenvalue weighted by atomic mass is 9.97. The van der Waals surface area contributed by atoms with Crippen LogP contribution in [0.15, 0.2) is 47.1 Å². The highest BCUT2D eigenvalue weighted by molar-refractivity contribution is 5.91. The number of para-hydroxylation sites is 1. The molecule has 1 aromatic heterocycles. The van der Waals surface area contributed by atoms with E-state index in [9.17, 15) is 18.4 Å². The van der Waals surface area contributed by atoms with Crippen LogP contribution in [0, 0.1) is 17.6 Å². The number of furan rings is 1. The first kappa shape index (κ1) is 19.6. The van der Waals surface area contributed by atoms with Gasteiger partial charge in [-0.15, -0.1) is 0 Å². The summed E-state index contributed by atoms with van der Waals surface area (Å²) in [6.07, 6.45) is 6.11. The molecule has 0 spiro atoms. The van der Waals surface area contributed by atoms with Crippen molar-refractivity contribution in [2.75, 3.05) is 25.0 Å². The first-order chi connectivity index (χ1) is 13.5.